The van der Waals surface area contributed by atoms with E-state index in [-0.39, 0.29) is 24.4 Å². The molecule has 0 bridgehead atoms. The van der Waals surface area contributed by atoms with E-state index < -0.39 is 10.0 Å². The first-order valence-electron chi connectivity index (χ1n) is 7.46. The van der Waals surface area contributed by atoms with E-state index in [1.165, 1.54) is 15.6 Å². The molecular weight excluding hydrogens is 354 g/mol. The third-order valence-corrected chi connectivity index (χ3v) is 7.05. The van der Waals surface area contributed by atoms with Gasteiger partial charge in [0.05, 0.1) is 5.92 Å². The van der Waals surface area contributed by atoms with Crippen molar-refractivity contribution in [3.05, 3.63) is 29.3 Å². The van der Waals surface area contributed by atoms with Crippen LogP contribution >= 0.6 is 11.3 Å². The molecule has 1 saturated heterocycles. The number of hydrogen-bond donors (Lipinski definition) is 0. The van der Waals surface area contributed by atoms with Gasteiger partial charge in [-0.25, -0.2) is 8.42 Å². The van der Waals surface area contributed by atoms with E-state index in [1.54, 1.807) is 24.4 Å². The smallest absolute Gasteiger partial charge is 0.309 e. The lowest BCUT2D eigenvalue weighted by atomic mass is 9.98. The Morgan fingerprint density at radius 3 is 2.75 bits per heavy atom. The summed E-state index contributed by atoms with van der Waals surface area (Å²) in [5.41, 5.74) is 0. The van der Waals surface area contributed by atoms with Crippen molar-refractivity contribution in [1.82, 2.24) is 14.5 Å². The molecule has 24 heavy (non-hydrogen) atoms. The topological polar surface area (TPSA) is 103 Å². The normalized spacial score (nSPS) is 17.0. The number of esters is 1. The van der Waals surface area contributed by atoms with Crippen molar-refractivity contribution in [3.8, 4) is 0 Å². The number of ether oxygens (including phenoxy) is 1. The van der Waals surface area contributed by atoms with E-state index in [9.17, 15) is 13.2 Å². The highest BCUT2D eigenvalue weighted by molar-refractivity contribution is 7.91. The number of piperidine rings is 1. The summed E-state index contributed by atoms with van der Waals surface area (Å²) in [7, 11) is -3.45. The Morgan fingerprint density at radius 1 is 1.42 bits per heavy atom. The molecule has 1 fully saturated rings. The summed E-state index contributed by atoms with van der Waals surface area (Å²) in [6.07, 6.45) is 0.874. The Hall–Kier alpha value is -1.78. The van der Waals surface area contributed by atoms with E-state index >= 15 is 0 Å². The van der Waals surface area contributed by atoms with E-state index in [0.717, 1.165) is 0 Å². The maximum atomic E-state index is 12.4. The monoisotopic (exact) mass is 371 g/mol. The summed E-state index contributed by atoms with van der Waals surface area (Å²) >= 11 is 1.19. The fraction of sp³-hybridized carbons (Fsp3) is 0.500. The molecular formula is C14H17N3O5S2. The number of aromatic nitrogens is 2. The number of thiophene rings is 1. The Bertz CT molecular complexity index is 792. The number of carbonyl (C=O) groups is 1. The first-order chi connectivity index (χ1) is 11.5. The van der Waals surface area contributed by atoms with Crippen LogP contribution in [0.5, 0.6) is 0 Å². The molecule has 3 rings (SSSR count). The molecule has 3 heterocycles. The summed E-state index contributed by atoms with van der Waals surface area (Å²) in [6, 6.07) is 3.30. The average Bonchev–Trinajstić information content (AvgIpc) is 3.24. The third-order valence-electron chi connectivity index (χ3n) is 3.78. The minimum Gasteiger partial charge on any atom is -0.455 e. The predicted octanol–water partition coefficient (Wildman–Crippen LogP) is 1.58. The van der Waals surface area contributed by atoms with E-state index in [4.69, 9.17) is 9.15 Å². The van der Waals surface area contributed by atoms with Crippen LogP contribution in [0.3, 0.4) is 0 Å². The molecule has 0 amide bonds. The third kappa shape index (κ3) is 3.65. The summed E-state index contributed by atoms with van der Waals surface area (Å²) in [5, 5.41) is 9.15. The SMILES string of the molecule is Cc1nnc(COC(=O)C2CCN(S(=O)(=O)c3cccs3)CC2)o1. The highest BCUT2D eigenvalue weighted by Crippen LogP contribution is 2.26. The summed E-state index contributed by atoms with van der Waals surface area (Å²) in [5.74, 6) is -0.0190. The lowest BCUT2D eigenvalue weighted by Crippen LogP contribution is -2.40. The molecule has 130 valence electrons. The van der Waals surface area contributed by atoms with Gasteiger partial charge in [-0.2, -0.15) is 4.31 Å². The quantitative estimate of drug-likeness (QED) is 0.735. The molecule has 2 aromatic heterocycles. The van der Waals surface area contributed by atoms with Gasteiger partial charge in [0.25, 0.3) is 15.9 Å². The van der Waals surface area contributed by atoms with Gasteiger partial charge in [0, 0.05) is 20.0 Å². The van der Waals surface area contributed by atoms with Crippen LogP contribution in [0.4, 0.5) is 0 Å². The second kappa shape index (κ2) is 6.99. The summed E-state index contributed by atoms with van der Waals surface area (Å²) < 4.78 is 36.9. The van der Waals surface area contributed by atoms with Crippen molar-refractivity contribution in [2.45, 2.75) is 30.6 Å². The first kappa shape index (κ1) is 17.1. The minimum atomic E-state index is -3.45. The summed E-state index contributed by atoms with van der Waals surface area (Å²) in [6.45, 7) is 2.20. The molecule has 1 aliphatic rings. The van der Waals surface area contributed by atoms with Crippen molar-refractivity contribution in [1.29, 1.82) is 0 Å². The van der Waals surface area contributed by atoms with Crippen LogP contribution in [0.25, 0.3) is 0 Å². The Morgan fingerprint density at radius 2 is 2.17 bits per heavy atom. The molecule has 10 heteroatoms. The standard InChI is InChI=1S/C14H17N3O5S2/c1-10-15-16-12(22-10)9-21-14(18)11-4-6-17(7-5-11)24(19,20)13-3-2-8-23-13/h2-3,8,11H,4-7,9H2,1H3. The second-order valence-corrected chi connectivity index (χ2v) is 8.55. The molecule has 0 atom stereocenters. The van der Waals surface area contributed by atoms with Crippen LogP contribution in [-0.4, -0.2) is 42.0 Å². The van der Waals surface area contributed by atoms with Gasteiger partial charge in [0.2, 0.25) is 5.89 Å². The van der Waals surface area contributed by atoms with Gasteiger partial charge in [-0.3, -0.25) is 4.79 Å². The van der Waals surface area contributed by atoms with Gasteiger partial charge in [0.1, 0.15) is 4.21 Å². The zero-order chi connectivity index (χ0) is 17.2. The van der Waals surface area contributed by atoms with Crippen LogP contribution < -0.4 is 0 Å². The Kier molecular flexibility index (Phi) is 4.97. The number of hydrogen-bond acceptors (Lipinski definition) is 8. The number of aryl methyl sites for hydroxylation is 1. The van der Waals surface area contributed by atoms with Crippen molar-refractivity contribution in [2.75, 3.05) is 13.1 Å². The molecule has 0 radical (unpaired) electrons. The van der Waals surface area contributed by atoms with E-state index in [1.807, 2.05) is 0 Å². The number of sulfonamides is 1. The maximum absolute atomic E-state index is 12.4. The van der Waals surface area contributed by atoms with Crippen molar-refractivity contribution in [2.24, 2.45) is 5.92 Å². The fourth-order valence-electron chi connectivity index (χ4n) is 2.52. The zero-order valence-corrected chi connectivity index (χ0v) is 14.7. The predicted molar refractivity (Wildman–Crippen MR) is 84.6 cm³/mol. The molecule has 0 N–H and O–H groups in total. The minimum absolute atomic E-state index is 0.0621. The second-order valence-electron chi connectivity index (χ2n) is 5.43. The van der Waals surface area contributed by atoms with Crippen molar-refractivity contribution >= 4 is 27.3 Å². The molecule has 0 aromatic carbocycles. The van der Waals surface area contributed by atoms with Gasteiger partial charge in [-0.15, -0.1) is 21.5 Å². The molecule has 8 nitrogen and oxygen atoms in total. The van der Waals surface area contributed by atoms with Crippen LogP contribution in [0.2, 0.25) is 0 Å². The largest absolute Gasteiger partial charge is 0.455 e. The molecule has 1 aliphatic heterocycles. The maximum Gasteiger partial charge on any atom is 0.309 e. The Balaban J connectivity index is 1.52. The highest BCUT2D eigenvalue weighted by atomic mass is 32.2. The van der Waals surface area contributed by atoms with Gasteiger partial charge >= 0.3 is 5.97 Å². The number of rotatable bonds is 5. The first-order valence-corrected chi connectivity index (χ1v) is 9.78. The van der Waals surface area contributed by atoms with Crippen LogP contribution in [0, 0.1) is 12.8 Å². The van der Waals surface area contributed by atoms with E-state index in [0.29, 0.717) is 36.0 Å². The zero-order valence-electron chi connectivity index (χ0n) is 13.0. The number of nitrogens with zero attached hydrogens (tertiary/aromatic N) is 3. The average molecular weight is 371 g/mol. The van der Waals surface area contributed by atoms with Gasteiger partial charge in [-0.1, -0.05) is 6.07 Å². The lowest BCUT2D eigenvalue weighted by Gasteiger charge is -2.29. The van der Waals surface area contributed by atoms with Gasteiger partial charge < -0.3 is 9.15 Å². The van der Waals surface area contributed by atoms with Crippen molar-refractivity contribution in [3.63, 3.8) is 0 Å². The Labute approximate surface area is 143 Å². The van der Waals surface area contributed by atoms with Crippen molar-refractivity contribution < 1.29 is 22.4 Å². The van der Waals surface area contributed by atoms with Gasteiger partial charge in [-0.05, 0) is 24.3 Å². The molecule has 0 saturated carbocycles. The molecule has 2 aromatic rings. The highest BCUT2D eigenvalue weighted by Gasteiger charge is 2.33. The molecule has 0 spiro atoms. The number of carbonyl (C=O) groups excluding carboxylic acids is 1. The van der Waals surface area contributed by atoms with E-state index in [2.05, 4.69) is 10.2 Å². The molecule has 0 aliphatic carbocycles. The molecule has 0 unspecified atom stereocenters. The van der Waals surface area contributed by atoms with Crippen LogP contribution in [0.1, 0.15) is 24.6 Å². The van der Waals surface area contributed by atoms with Crippen LogP contribution in [-0.2, 0) is 26.2 Å². The van der Waals surface area contributed by atoms with Crippen LogP contribution in [0.15, 0.2) is 26.1 Å². The lowest BCUT2D eigenvalue weighted by molar-refractivity contribution is -0.151. The fourth-order valence-corrected chi connectivity index (χ4v) is 5.13. The summed E-state index contributed by atoms with van der Waals surface area (Å²) in [4.78, 5) is 12.1. The van der Waals surface area contributed by atoms with Gasteiger partial charge in [0.15, 0.2) is 6.61 Å².